The molecule has 5 heteroatoms. The van der Waals surface area contributed by atoms with Crippen LogP contribution in [0.1, 0.15) is 201 Å². The van der Waals surface area contributed by atoms with Crippen LogP contribution in [0.3, 0.4) is 0 Å². The van der Waals surface area contributed by atoms with Crippen LogP contribution in [0.4, 0.5) is 4.79 Å². The number of amides is 1. The van der Waals surface area contributed by atoms with E-state index < -0.39 is 0 Å². The van der Waals surface area contributed by atoms with Crippen LogP contribution in [0.15, 0.2) is 0 Å². The van der Waals surface area contributed by atoms with Crippen molar-refractivity contribution in [2.75, 3.05) is 33.5 Å². The zero-order chi connectivity index (χ0) is 30.6. The standard InChI is InChI=1S/C37H75NO4.CH4/c1-4-6-8-10-12-14-16-17-18-19-20-22-24-26-28-31-36(30-27-25-23-21-15-13-11-9-7-5-2)42-37(39)38-32-29-33-41-35-34-40-3;/h36H,4-35H2,1-3H3,(H,38,39);1H4. The van der Waals surface area contributed by atoms with Gasteiger partial charge in [0.15, 0.2) is 0 Å². The lowest BCUT2D eigenvalue weighted by molar-refractivity contribution is 0.0670. The van der Waals surface area contributed by atoms with Gasteiger partial charge in [-0.15, -0.1) is 0 Å². The number of rotatable bonds is 35. The predicted molar refractivity (Wildman–Crippen MR) is 188 cm³/mol. The van der Waals surface area contributed by atoms with E-state index in [1.807, 2.05) is 0 Å². The summed E-state index contributed by atoms with van der Waals surface area (Å²) in [7, 11) is 1.67. The molecule has 0 rings (SSSR count). The van der Waals surface area contributed by atoms with E-state index in [1.165, 1.54) is 161 Å². The second kappa shape index (κ2) is 39.2. The zero-order valence-corrected chi connectivity index (χ0v) is 28.8. The van der Waals surface area contributed by atoms with Crippen LogP contribution in [0.5, 0.6) is 0 Å². The number of methoxy groups -OCH3 is 1. The fraction of sp³-hybridized carbons (Fsp3) is 0.974. The normalized spacial score (nSPS) is 11.8. The molecule has 0 aromatic heterocycles. The van der Waals surface area contributed by atoms with Gasteiger partial charge >= 0.3 is 6.09 Å². The molecule has 0 aliphatic rings. The summed E-state index contributed by atoms with van der Waals surface area (Å²) in [6.07, 6.45) is 36.6. The molecule has 0 aromatic rings. The SMILES string of the molecule is C.CCCCCCCCCCCCCCCCCC(CCCCCCCCCCCC)OC(=O)NCCCOCCOC. The fourth-order valence-electron chi connectivity index (χ4n) is 5.67. The van der Waals surface area contributed by atoms with E-state index in [-0.39, 0.29) is 19.6 Å². The topological polar surface area (TPSA) is 56.8 Å². The number of unbranched alkanes of at least 4 members (excludes halogenated alkanes) is 23. The van der Waals surface area contributed by atoms with Crippen molar-refractivity contribution in [2.45, 2.75) is 207 Å². The summed E-state index contributed by atoms with van der Waals surface area (Å²) >= 11 is 0. The molecule has 1 amide bonds. The van der Waals surface area contributed by atoms with E-state index in [0.717, 1.165) is 19.3 Å². The molecule has 0 bridgehead atoms. The van der Waals surface area contributed by atoms with Crippen molar-refractivity contribution < 1.29 is 19.0 Å². The second-order valence-electron chi connectivity index (χ2n) is 12.6. The van der Waals surface area contributed by atoms with Crippen molar-refractivity contribution in [3.8, 4) is 0 Å². The molecule has 0 aromatic carbocycles. The van der Waals surface area contributed by atoms with Gasteiger partial charge in [0, 0.05) is 20.3 Å². The molecular weight excluding hydrogens is 534 g/mol. The highest BCUT2D eigenvalue weighted by Crippen LogP contribution is 2.18. The quantitative estimate of drug-likeness (QED) is 0.0722. The molecule has 0 heterocycles. The van der Waals surface area contributed by atoms with Crippen molar-refractivity contribution >= 4 is 6.09 Å². The van der Waals surface area contributed by atoms with E-state index in [4.69, 9.17) is 14.2 Å². The van der Waals surface area contributed by atoms with Crippen molar-refractivity contribution in [1.82, 2.24) is 5.32 Å². The largest absolute Gasteiger partial charge is 0.446 e. The van der Waals surface area contributed by atoms with Gasteiger partial charge in [0.2, 0.25) is 0 Å². The van der Waals surface area contributed by atoms with Crippen molar-refractivity contribution in [2.24, 2.45) is 0 Å². The van der Waals surface area contributed by atoms with Crippen molar-refractivity contribution in [1.29, 1.82) is 0 Å². The smallest absolute Gasteiger partial charge is 0.407 e. The number of ether oxygens (including phenoxy) is 3. The van der Waals surface area contributed by atoms with E-state index in [9.17, 15) is 4.79 Å². The Bertz CT molecular complexity index is 516. The summed E-state index contributed by atoms with van der Waals surface area (Å²) in [5.41, 5.74) is 0. The third-order valence-corrected chi connectivity index (χ3v) is 8.45. The number of carbonyl (C=O) groups excluding carboxylic acids is 1. The lowest BCUT2D eigenvalue weighted by Gasteiger charge is -2.18. The first kappa shape index (κ1) is 44.3. The molecule has 260 valence electrons. The summed E-state index contributed by atoms with van der Waals surface area (Å²) < 4.78 is 16.3. The van der Waals surface area contributed by atoms with Crippen LogP contribution in [-0.4, -0.2) is 45.7 Å². The molecule has 1 unspecified atom stereocenters. The number of hydrogen-bond acceptors (Lipinski definition) is 4. The first-order chi connectivity index (χ1) is 20.7. The Morgan fingerprint density at radius 1 is 0.512 bits per heavy atom. The van der Waals surface area contributed by atoms with E-state index in [1.54, 1.807) is 7.11 Å². The van der Waals surface area contributed by atoms with E-state index in [0.29, 0.717) is 26.4 Å². The molecular formula is C38H79NO4. The van der Waals surface area contributed by atoms with Gasteiger partial charge in [0.1, 0.15) is 6.10 Å². The van der Waals surface area contributed by atoms with Crippen molar-refractivity contribution in [3.63, 3.8) is 0 Å². The Balaban J connectivity index is 0. The number of alkyl carbamates (subject to hydrolysis) is 1. The third kappa shape index (κ3) is 37.3. The Kier molecular flexibility index (Phi) is 40.4. The molecule has 1 N–H and O–H groups in total. The Morgan fingerprint density at radius 2 is 0.884 bits per heavy atom. The Hall–Kier alpha value is -0.810. The highest BCUT2D eigenvalue weighted by Gasteiger charge is 2.14. The summed E-state index contributed by atoms with van der Waals surface area (Å²) in [6, 6.07) is 0. The minimum Gasteiger partial charge on any atom is -0.446 e. The number of carbonyl (C=O) groups is 1. The molecule has 0 spiro atoms. The maximum Gasteiger partial charge on any atom is 0.407 e. The third-order valence-electron chi connectivity index (χ3n) is 8.45. The number of nitrogens with one attached hydrogen (secondary N) is 1. The minimum atomic E-state index is -0.259. The van der Waals surface area contributed by atoms with Gasteiger partial charge in [-0.05, 0) is 32.1 Å². The lowest BCUT2D eigenvalue weighted by Crippen LogP contribution is -2.30. The van der Waals surface area contributed by atoms with E-state index in [2.05, 4.69) is 19.2 Å². The maximum absolute atomic E-state index is 12.4. The van der Waals surface area contributed by atoms with Gasteiger partial charge < -0.3 is 19.5 Å². The van der Waals surface area contributed by atoms with Crippen molar-refractivity contribution in [3.05, 3.63) is 0 Å². The molecule has 5 nitrogen and oxygen atoms in total. The number of hydrogen-bond donors (Lipinski definition) is 1. The molecule has 0 fully saturated rings. The van der Waals surface area contributed by atoms with Crippen LogP contribution >= 0.6 is 0 Å². The van der Waals surface area contributed by atoms with Gasteiger partial charge in [0.05, 0.1) is 13.2 Å². The summed E-state index contributed by atoms with van der Waals surface area (Å²) in [5, 5.41) is 2.92. The fourth-order valence-corrected chi connectivity index (χ4v) is 5.67. The Labute approximate surface area is 270 Å². The highest BCUT2D eigenvalue weighted by molar-refractivity contribution is 5.67. The second-order valence-corrected chi connectivity index (χ2v) is 12.6. The first-order valence-electron chi connectivity index (χ1n) is 18.8. The molecule has 0 saturated carbocycles. The van der Waals surface area contributed by atoms with Crippen LogP contribution < -0.4 is 5.32 Å². The predicted octanol–water partition coefficient (Wildman–Crippen LogP) is 12.3. The van der Waals surface area contributed by atoms with Crippen LogP contribution in [-0.2, 0) is 14.2 Å². The molecule has 0 aliphatic carbocycles. The molecule has 43 heavy (non-hydrogen) atoms. The molecule has 0 aliphatic heterocycles. The highest BCUT2D eigenvalue weighted by atomic mass is 16.6. The minimum absolute atomic E-state index is 0. The van der Waals surface area contributed by atoms with Crippen LogP contribution in [0.2, 0.25) is 0 Å². The van der Waals surface area contributed by atoms with Gasteiger partial charge in [-0.25, -0.2) is 4.79 Å². The Morgan fingerprint density at radius 3 is 1.26 bits per heavy atom. The van der Waals surface area contributed by atoms with E-state index >= 15 is 0 Å². The van der Waals surface area contributed by atoms with Gasteiger partial charge in [-0.3, -0.25) is 0 Å². The van der Waals surface area contributed by atoms with Crippen LogP contribution in [0, 0.1) is 0 Å². The summed E-state index contributed by atoms with van der Waals surface area (Å²) in [5.74, 6) is 0. The molecule has 0 radical (unpaired) electrons. The average Bonchev–Trinajstić information content (AvgIpc) is 2.99. The summed E-state index contributed by atoms with van der Waals surface area (Å²) in [4.78, 5) is 12.4. The monoisotopic (exact) mass is 614 g/mol. The molecule has 0 saturated heterocycles. The van der Waals surface area contributed by atoms with Gasteiger partial charge in [0.25, 0.3) is 0 Å². The maximum atomic E-state index is 12.4. The lowest BCUT2D eigenvalue weighted by atomic mass is 10.0. The summed E-state index contributed by atoms with van der Waals surface area (Å²) in [6.45, 7) is 7.00. The first-order valence-corrected chi connectivity index (χ1v) is 18.8. The van der Waals surface area contributed by atoms with Gasteiger partial charge in [-0.1, -0.05) is 169 Å². The average molecular weight is 614 g/mol. The zero-order valence-electron chi connectivity index (χ0n) is 28.8. The van der Waals surface area contributed by atoms with Gasteiger partial charge in [-0.2, -0.15) is 0 Å². The van der Waals surface area contributed by atoms with Crippen LogP contribution in [0.25, 0.3) is 0 Å². The molecule has 1 atom stereocenters.